The van der Waals surface area contributed by atoms with E-state index in [2.05, 4.69) is 20.6 Å². The van der Waals surface area contributed by atoms with Crippen LogP contribution in [0.5, 0.6) is 5.88 Å². The van der Waals surface area contributed by atoms with Gasteiger partial charge in [-0.2, -0.15) is 0 Å². The molecular formula is C12H18N4O. The van der Waals surface area contributed by atoms with E-state index in [1.807, 2.05) is 13.8 Å². The third-order valence-corrected chi connectivity index (χ3v) is 3.71. The molecule has 1 saturated carbocycles. The van der Waals surface area contributed by atoms with Gasteiger partial charge in [-0.05, 0) is 25.7 Å². The lowest BCUT2D eigenvalue weighted by Gasteiger charge is -2.12. The second-order valence-electron chi connectivity index (χ2n) is 4.74. The molecule has 2 atom stereocenters. The average Bonchev–Trinajstić information content (AvgIpc) is 2.75. The van der Waals surface area contributed by atoms with Gasteiger partial charge in [-0.3, -0.25) is 0 Å². The molecule has 2 unspecified atom stereocenters. The molecule has 2 aliphatic rings. The van der Waals surface area contributed by atoms with Crippen LogP contribution in [0.25, 0.3) is 0 Å². The topological polar surface area (TPSA) is 59.1 Å². The van der Waals surface area contributed by atoms with Crippen molar-refractivity contribution < 1.29 is 4.74 Å². The van der Waals surface area contributed by atoms with Gasteiger partial charge < -0.3 is 15.4 Å². The molecule has 1 saturated heterocycles. The summed E-state index contributed by atoms with van der Waals surface area (Å²) in [7, 11) is 0. The number of rotatable bonds is 4. The van der Waals surface area contributed by atoms with Crippen molar-refractivity contribution in [3.8, 4) is 5.88 Å². The van der Waals surface area contributed by atoms with E-state index in [9.17, 15) is 0 Å². The lowest BCUT2D eigenvalue weighted by atomic mass is 10.3. The standard InChI is InChI=1S/C12H18N4O/c1-3-17-12-7(2)11(14-6-15-12)16-10-8-4-13-5-9(8)10/h6,8-10,13H,3-5H2,1-2H3,(H,14,15,16). The van der Waals surface area contributed by atoms with E-state index in [0.29, 0.717) is 18.5 Å². The van der Waals surface area contributed by atoms with Gasteiger partial charge in [0.2, 0.25) is 5.88 Å². The van der Waals surface area contributed by atoms with Crippen LogP contribution in [0.4, 0.5) is 5.82 Å². The fourth-order valence-electron chi connectivity index (χ4n) is 2.65. The van der Waals surface area contributed by atoms with Gasteiger partial charge in [0.1, 0.15) is 12.1 Å². The summed E-state index contributed by atoms with van der Waals surface area (Å²) < 4.78 is 5.47. The first kappa shape index (κ1) is 10.8. The molecule has 1 aliphatic carbocycles. The fourth-order valence-corrected chi connectivity index (χ4v) is 2.65. The van der Waals surface area contributed by atoms with Crippen molar-refractivity contribution in [2.75, 3.05) is 25.0 Å². The lowest BCUT2D eigenvalue weighted by Crippen LogP contribution is -2.22. The highest BCUT2D eigenvalue weighted by Gasteiger charge is 2.53. The Kier molecular flexibility index (Phi) is 2.63. The van der Waals surface area contributed by atoms with Gasteiger partial charge in [0, 0.05) is 19.1 Å². The summed E-state index contributed by atoms with van der Waals surface area (Å²) in [5.74, 6) is 3.16. The molecule has 1 aromatic heterocycles. The quantitative estimate of drug-likeness (QED) is 0.807. The van der Waals surface area contributed by atoms with Gasteiger partial charge in [0.15, 0.2) is 0 Å². The zero-order chi connectivity index (χ0) is 11.8. The number of piperidine rings is 1. The Labute approximate surface area is 101 Å². The van der Waals surface area contributed by atoms with Crippen molar-refractivity contribution in [2.24, 2.45) is 11.8 Å². The molecule has 1 aromatic rings. The molecule has 2 fully saturated rings. The molecular weight excluding hydrogens is 216 g/mol. The van der Waals surface area contributed by atoms with Gasteiger partial charge in [-0.1, -0.05) is 0 Å². The molecule has 0 aromatic carbocycles. The monoisotopic (exact) mass is 234 g/mol. The number of hydrogen-bond donors (Lipinski definition) is 2. The maximum atomic E-state index is 5.47. The molecule has 3 rings (SSSR count). The number of aromatic nitrogens is 2. The number of hydrogen-bond acceptors (Lipinski definition) is 5. The van der Waals surface area contributed by atoms with E-state index >= 15 is 0 Å². The molecule has 5 nitrogen and oxygen atoms in total. The zero-order valence-electron chi connectivity index (χ0n) is 10.2. The summed E-state index contributed by atoms with van der Waals surface area (Å²) >= 11 is 0. The van der Waals surface area contributed by atoms with Gasteiger partial charge in [-0.25, -0.2) is 9.97 Å². The Balaban J connectivity index is 1.72. The highest BCUT2D eigenvalue weighted by Crippen LogP contribution is 2.44. The molecule has 5 heteroatoms. The Morgan fingerprint density at radius 1 is 1.41 bits per heavy atom. The second-order valence-corrected chi connectivity index (χ2v) is 4.74. The van der Waals surface area contributed by atoms with Crippen LogP contribution in [0.2, 0.25) is 0 Å². The van der Waals surface area contributed by atoms with Gasteiger partial charge in [-0.15, -0.1) is 0 Å². The Morgan fingerprint density at radius 3 is 2.88 bits per heavy atom. The second kappa shape index (κ2) is 4.14. The van der Waals surface area contributed by atoms with Crippen LogP contribution < -0.4 is 15.4 Å². The molecule has 92 valence electrons. The van der Waals surface area contributed by atoms with Gasteiger partial charge >= 0.3 is 0 Å². The number of nitrogens with one attached hydrogen (secondary N) is 2. The first-order chi connectivity index (χ1) is 8.31. The van der Waals surface area contributed by atoms with Crippen LogP contribution >= 0.6 is 0 Å². The SMILES string of the molecule is CCOc1ncnc(NC2C3CNCC32)c1C. The molecule has 0 bridgehead atoms. The van der Waals surface area contributed by atoms with Crippen LogP contribution in [0.1, 0.15) is 12.5 Å². The summed E-state index contributed by atoms with van der Waals surface area (Å²) in [6.07, 6.45) is 1.57. The molecule has 17 heavy (non-hydrogen) atoms. The number of nitrogens with zero attached hydrogens (tertiary/aromatic N) is 2. The van der Waals surface area contributed by atoms with Crippen molar-refractivity contribution in [1.29, 1.82) is 0 Å². The first-order valence-electron chi connectivity index (χ1n) is 6.23. The molecule has 0 amide bonds. The van der Waals surface area contributed by atoms with E-state index in [1.165, 1.54) is 0 Å². The van der Waals surface area contributed by atoms with E-state index in [-0.39, 0.29) is 0 Å². The summed E-state index contributed by atoms with van der Waals surface area (Å²) in [4.78, 5) is 8.45. The Morgan fingerprint density at radius 2 is 2.18 bits per heavy atom. The smallest absolute Gasteiger partial charge is 0.221 e. The fraction of sp³-hybridized carbons (Fsp3) is 0.667. The predicted molar refractivity (Wildman–Crippen MR) is 65.2 cm³/mol. The lowest BCUT2D eigenvalue weighted by molar-refractivity contribution is 0.324. The van der Waals surface area contributed by atoms with E-state index < -0.39 is 0 Å². The molecule has 0 radical (unpaired) electrons. The molecule has 2 N–H and O–H groups in total. The summed E-state index contributed by atoms with van der Waals surface area (Å²) in [5, 5.41) is 6.90. The number of anilines is 1. The maximum Gasteiger partial charge on any atom is 0.221 e. The van der Waals surface area contributed by atoms with Crippen molar-refractivity contribution in [3.63, 3.8) is 0 Å². The van der Waals surface area contributed by atoms with Crippen LogP contribution in [0.3, 0.4) is 0 Å². The molecule has 2 heterocycles. The molecule has 0 spiro atoms. The largest absolute Gasteiger partial charge is 0.478 e. The normalized spacial score (nSPS) is 29.9. The highest BCUT2D eigenvalue weighted by molar-refractivity contribution is 5.50. The van der Waals surface area contributed by atoms with Crippen molar-refractivity contribution in [1.82, 2.24) is 15.3 Å². The average molecular weight is 234 g/mol. The Bertz CT molecular complexity index is 413. The van der Waals surface area contributed by atoms with Crippen LogP contribution in [-0.2, 0) is 0 Å². The van der Waals surface area contributed by atoms with Crippen LogP contribution in [0.15, 0.2) is 6.33 Å². The van der Waals surface area contributed by atoms with Crippen molar-refractivity contribution in [3.05, 3.63) is 11.9 Å². The van der Waals surface area contributed by atoms with Crippen molar-refractivity contribution in [2.45, 2.75) is 19.9 Å². The summed E-state index contributed by atoms with van der Waals surface area (Å²) in [5.41, 5.74) is 1.01. The van der Waals surface area contributed by atoms with Crippen molar-refractivity contribution >= 4 is 5.82 Å². The first-order valence-corrected chi connectivity index (χ1v) is 6.23. The summed E-state index contributed by atoms with van der Waals surface area (Å²) in [6.45, 7) is 6.86. The number of ether oxygens (including phenoxy) is 1. The summed E-state index contributed by atoms with van der Waals surface area (Å²) in [6, 6.07) is 0.583. The van der Waals surface area contributed by atoms with Gasteiger partial charge in [0.05, 0.1) is 12.2 Å². The number of fused-ring (bicyclic) bond motifs is 1. The van der Waals surface area contributed by atoms with E-state index in [4.69, 9.17) is 4.74 Å². The highest BCUT2D eigenvalue weighted by atomic mass is 16.5. The zero-order valence-corrected chi connectivity index (χ0v) is 10.2. The van der Waals surface area contributed by atoms with E-state index in [1.54, 1.807) is 6.33 Å². The third kappa shape index (κ3) is 1.84. The third-order valence-electron chi connectivity index (χ3n) is 3.71. The van der Waals surface area contributed by atoms with E-state index in [0.717, 1.165) is 36.3 Å². The maximum absolute atomic E-state index is 5.47. The predicted octanol–water partition coefficient (Wildman–Crippen LogP) is 0.813. The molecule has 1 aliphatic heterocycles. The minimum Gasteiger partial charge on any atom is -0.478 e. The van der Waals surface area contributed by atoms with Crippen LogP contribution in [-0.4, -0.2) is 35.7 Å². The van der Waals surface area contributed by atoms with Crippen LogP contribution in [0, 0.1) is 18.8 Å². The minimum atomic E-state index is 0.583. The minimum absolute atomic E-state index is 0.583. The Hall–Kier alpha value is -1.36. The van der Waals surface area contributed by atoms with Gasteiger partial charge in [0.25, 0.3) is 0 Å².